The second-order valence-corrected chi connectivity index (χ2v) is 5.69. The lowest BCUT2D eigenvalue weighted by atomic mass is 9.99. The lowest BCUT2D eigenvalue weighted by Crippen LogP contribution is -2.44. The van der Waals surface area contributed by atoms with Gasteiger partial charge in [0.2, 0.25) is 0 Å². The molecule has 0 saturated carbocycles. The minimum Gasteiger partial charge on any atom is -0.396 e. The molecule has 3 nitrogen and oxygen atoms in total. The summed E-state index contributed by atoms with van der Waals surface area (Å²) in [7, 11) is 0. The van der Waals surface area contributed by atoms with Crippen LogP contribution in [-0.2, 0) is 0 Å². The van der Waals surface area contributed by atoms with Crippen LogP contribution in [0.1, 0.15) is 36.2 Å². The number of hydrogen-bond acceptors (Lipinski definition) is 2. The minimum absolute atomic E-state index is 0.0603. The molecule has 0 aromatic heterocycles. The fraction of sp³-hybridized carbons (Fsp3) is 0.462. The van der Waals surface area contributed by atoms with Crippen molar-refractivity contribution < 1.29 is 9.90 Å². The molecule has 1 aromatic carbocycles. The molecule has 1 aromatic rings. The van der Waals surface area contributed by atoms with Crippen molar-refractivity contribution in [3.8, 4) is 0 Å². The number of amides is 1. The minimum atomic E-state index is -0.402. The van der Waals surface area contributed by atoms with Gasteiger partial charge in [-0.1, -0.05) is 22.0 Å². The summed E-state index contributed by atoms with van der Waals surface area (Å²) in [6.07, 6.45) is 0.534. The quantitative estimate of drug-likeness (QED) is 0.898. The molecule has 0 aliphatic rings. The maximum Gasteiger partial charge on any atom is 0.251 e. The third-order valence-electron chi connectivity index (χ3n) is 2.63. The number of nitrogens with one attached hydrogen (secondary N) is 1. The van der Waals surface area contributed by atoms with Crippen molar-refractivity contribution in [2.24, 2.45) is 0 Å². The van der Waals surface area contributed by atoms with Crippen molar-refractivity contribution in [1.29, 1.82) is 0 Å². The zero-order valence-corrected chi connectivity index (χ0v) is 12.0. The third kappa shape index (κ3) is 4.13. The van der Waals surface area contributed by atoms with E-state index in [1.807, 2.05) is 32.9 Å². The van der Waals surface area contributed by atoms with E-state index in [9.17, 15) is 4.79 Å². The second kappa shape index (κ2) is 5.65. The van der Waals surface area contributed by atoms with Gasteiger partial charge in [0.1, 0.15) is 0 Å². The van der Waals surface area contributed by atoms with Crippen LogP contribution in [0.5, 0.6) is 0 Å². The van der Waals surface area contributed by atoms with Gasteiger partial charge in [0.05, 0.1) is 0 Å². The highest BCUT2D eigenvalue weighted by atomic mass is 79.9. The Kier molecular flexibility index (Phi) is 4.71. The van der Waals surface area contributed by atoms with Crippen LogP contribution >= 0.6 is 15.9 Å². The van der Waals surface area contributed by atoms with Crippen molar-refractivity contribution in [3.63, 3.8) is 0 Å². The average Bonchev–Trinajstić information content (AvgIpc) is 2.20. The highest BCUT2D eigenvalue weighted by Crippen LogP contribution is 2.17. The molecule has 94 valence electrons. The molecule has 0 aliphatic heterocycles. The Hall–Kier alpha value is -0.870. The Balaban J connectivity index is 2.86. The Morgan fingerprint density at radius 3 is 2.71 bits per heavy atom. The van der Waals surface area contributed by atoms with E-state index < -0.39 is 5.54 Å². The van der Waals surface area contributed by atoms with E-state index in [0.29, 0.717) is 12.0 Å². The van der Waals surface area contributed by atoms with Gasteiger partial charge >= 0.3 is 0 Å². The third-order valence-corrected chi connectivity index (χ3v) is 3.13. The van der Waals surface area contributed by atoms with Gasteiger partial charge in [-0.15, -0.1) is 0 Å². The molecular formula is C13H18BrNO2. The monoisotopic (exact) mass is 299 g/mol. The molecule has 0 radical (unpaired) electrons. The van der Waals surface area contributed by atoms with Gasteiger partial charge in [0.15, 0.2) is 0 Å². The van der Waals surface area contributed by atoms with E-state index in [-0.39, 0.29) is 12.5 Å². The lowest BCUT2D eigenvalue weighted by molar-refractivity contribution is 0.0899. The Labute approximate surface area is 110 Å². The molecule has 1 rings (SSSR count). The van der Waals surface area contributed by atoms with Crippen LogP contribution in [0.4, 0.5) is 0 Å². The van der Waals surface area contributed by atoms with E-state index in [1.54, 1.807) is 6.07 Å². The number of aliphatic hydroxyl groups is 1. The first-order chi connectivity index (χ1) is 7.85. The maximum absolute atomic E-state index is 12.1. The molecule has 0 saturated heterocycles. The number of aryl methyl sites for hydroxylation is 1. The fourth-order valence-electron chi connectivity index (χ4n) is 1.56. The van der Waals surface area contributed by atoms with Crippen LogP contribution in [0.25, 0.3) is 0 Å². The number of hydrogen-bond donors (Lipinski definition) is 2. The summed E-state index contributed by atoms with van der Waals surface area (Å²) in [5.74, 6) is -0.109. The first kappa shape index (κ1) is 14.2. The van der Waals surface area contributed by atoms with Crippen LogP contribution in [0.15, 0.2) is 22.7 Å². The summed E-state index contributed by atoms with van der Waals surface area (Å²) < 4.78 is 0.883. The number of carbonyl (C=O) groups is 1. The van der Waals surface area contributed by atoms with Crippen LogP contribution < -0.4 is 5.32 Å². The van der Waals surface area contributed by atoms with Gasteiger partial charge in [0, 0.05) is 22.2 Å². The molecule has 0 bridgehead atoms. The van der Waals surface area contributed by atoms with Gasteiger partial charge in [0.25, 0.3) is 5.91 Å². The predicted molar refractivity (Wildman–Crippen MR) is 72.1 cm³/mol. The van der Waals surface area contributed by atoms with E-state index in [4.69, 9.17) is 5.11 Å². The van der Waals surface area contributed by atoms with Crippen LogP contribution in [-0.4, -0.2) is 23.2 Å². The largest absolute Gasteiger partial charge is 0.396 e. The summed E-state index contributed by atoms with van der Waals surface area (Å²) in [6, 6.07) is 5.61. The van der Waals surface area contributed by atoms with Gasteiger partial charge < -0.3 is 10.4 Å². The van der Waals surface area contributed by atoms with Crippen molar-refractivity contribution in [1.82, 2.24) is 5.32 Å². The Morgan fingerprint density at radius 2 is 2.12 bits per heavy atom. The first-order valence-corrected chi connectivity index (χ1v) is 6.34. The fourth-order valence-corrected chi connectivity index (χ4v) is 1.92. The maximum atomic E-state index is 12.1. The predicted octanol–water partition coefficient (Wildman–Crippen LogP) is 2.65. The van der Waals surface area contributed by atoms with Crippen molar-refractivity contribution in [2.45, 2.75) is 32.7 Å². The highest BCUT2D eigenvalue weighted by molar-refractivity contribution is 9.10. The Morgan fingerprint density at radius 1 is 1.47 bits per heavy atom. The van der Waals surface area contributed by atoms with E-state index >= 15 is 0 Å². The normalized spacial score (nSPS) is 11.4. The molecule has 17 heavy (non-hydrogen) atoms. The van der Waals surface area contributed by atoms with Crippen molar-refractivity contribution >= 4 is 21.8 Å². The van der Waals surface area contributed by atoms with Gasteiger partial charge in [-0.2, -0.15) is 0 Å². The zero-order valence-electron chi connectivity index (χ0n) is 10.4. The Bertz CT molecular complexity index is 416. The smallest absolute Gasteiger partial charge is 0.251 e. The van der Waals surface area contributed by atoms with Crippen LogP contribution in [0.3, 0.4) is 0 Å². The van der Waals surface area contributed by atoms with Crippen molar-refractivity contribution in [3.05, 3.63) is 33.8 Å². The molecular weight excluding hydrogens is 282 g/mol. The van der Waals surface area contributed by atoms with Crippen LogP contribution in [0, 0.1) is 6.92 Å². The molecule has 0 atom stereocenters. The first-order valence-electron chi connectivity index (χ1n) is 5.55. The summed E-state index contributed by atoms with van der Waals surface area (Å²) >= 11 is 3.35. The molecule has 0 spiro atoms. The molecule has 0 unspecified atom stereocenters. The standard InChI is InChI=1S/C13H18BrNO2/c1-9-4-5-10(14)8-11(9)12(17)15-13(2,3)6-7-16/h4-5,8,16H,6-7H2,1-3H3,(H,15,17). The molecule has 0 fully saturated rings. The van der Waals surface area contributed by atoms with Crippen LogP contribution in [0.2, 0.25) is 0 Å². The van der Waals surface area contributed by atoms with Gasteiger partial charge in [-0.05, 0) is 44.9 Å². The lowest BCUT2D eigenvalue weighted by Gasteiger charge is -2.25. The average molecular weight is 300 g/mol. The number of halogens is 1. The number of carbonyl (C=O) groups excluding carboxylic acids is 1. The molecule has 4 heteroatoms. The van der Waals surface area contributed by atoms with E-state index in [1.165, 1.54) is 0 Å². The topological polar surface area (TPSA) is 49.3 Å². The SMILES string of the molecule is Cc1ccc(Br)cc1C(=O)NC(C)(C)CCO. The zero-order chi connectivity index (χ0) is 13.1. The molecule has 1 amide bonds. The van der Waals surface area contributed by atoms with Gasteiger partial charge in [-0.25, -0.2) is 0 Å². The highest BCUT2D eigenvalue weighted by Gasteiger charge is 2.21. The van der Waals surface area contributed by atoms with E-state index in [0.717, 1.165) is 10.0 Å². The van der Waals surface area contributed by atoms with E-state index in [2.05, 4.69) is 21.2 Å². The molecule has 0 aliphatic carbocycles. The molecule has 2 N–H and O–H groups in total. The summed E-state index contributed by atoms with van der Waals surface area (Å²) in [4.78, 5) is 12.1. The second-order valence-electron chi connectivity index (χ2n) is 4.77. The summed E-state index contributed by atoms with van der Waals surface area (Å²) in [5.41, 5.74) is 1.19. The number of aliphatic hydroxyl groups excluding tert-OH is 1. The van der Waals surface area contributed by atoms with Gasteiger partial charge in [-0.3, -0.25) is 4.79 Å². The number of rotatable bonds is 4. The number of benzene rings is 1. The van der Waals surface area contributed by atoms with Crippen molar-refractivity contribution in [2.75, 3.05) is 6.61 Å². The molecule has 0 heterocycles. The summed E-state index contributed by atoms with van der Waals surface area (Å²) in [5, 5.41) is 11.8. The summed E-state index contributed by atoms with van der Waals surface area (Å²) in [6.45, 7) is 5.76.